The van der Waals surface area contributed by atoms with Crippen molar-refractivity contribution in [2.24, 2.45) is 0 Å². The first-order chi connectivity index (χ1) is 4.88. The minimum absolute atomic E-state index is 0.378. The maximum Gasteiger partial charge on any atom is 0.110 e. The molecule has 1 aromatic heterocycles. The molecule has 1 radical (unpaired) electrons. The fourth-order valence-electron chi connectivity index (χ4n) is 0.651. The summed E-state index contributed by atoms with van der Waals surface area (Å²) in [6, 6.07) is 3.44. The van der Waals surface area contributed by atoms with Gasteiger partial charge in [-0.25, -0.2) is 5.11 Å². The van der Waals surface area contributed by atoms with Crippen LogP contribution in [0.15, 0.2) is 18.5 Å². The SMILES string of the molecule is N#Cc1ccncc1C[O]. The molecule has 3 heteroatoms. The van der Waals surface area contributed by atoms with Gasteiger partial charge >= 0.3 is 0 Å². The van der Waals surface area contributed by atoms with Gasteiger partial charge in [0.05, 0.1) is 11.6 Å². The molecule has 0 bridgehead atoms. The molecule has 0 atom stereocenters. The van der Waals surface area contributed by atoms with Gasteiger partial charge in [0.2, 0.25) is 0 Å². The molecular formula is C7H5N2O. The second kappa shape index (κ2) is 2.95. The largest absolute Gasteiger partial charge is 0.264 e. The van der Waals surface area contributed by atoms with Crippen LogP contribution in [0.25, 0.3) is 0 Å². The Morgan fingerprint density at radius 3 is 3.00 bits per heavy atom. The van der Waals surface area contributed by atoms with Crippen LogP contribution in [0.5, 0.6) is 0 Å². The van der Waals surface area contributed by atoms with E-state index in [2.05, 4.69) is 4.98 Å². The Morgan fingerprint density at radius 1 is 1.70 bits per heavy atom. The Balaban J connectivity index is 3.12. The van der Waals surface area contributed by atoms with Gasteiger partial charge in [-0.3, -0.25) is 4.98 Å². The predicted octanol–water partition coefficient (Wildman–Crippen LogP) is 0.884. The minimum atomic E-state index is -0.378. The summed E-state index contributed by atoms with van der Waals surface area (Å²) < 4.78 is 0. The molecule has 10 heavy (non-hydrogen) atoms. The Labute approximate surface area is 58.6 Å². The first-order valence-corrected chi connectivity index (χ1v) is 2.79. The van der Waals surface area contributed by atoms with Crippen molar-refractivity contribution in [2.45, 2.75) is 6.61 Å². The van der Waals surface area contributed by atoms with E-state index >= 15 is 0 Å². The van der Waals surface area contributed by atoms with Gasteiger partial charge in [0.1, 0.15) is 6.61 Å². The molecule has 0 aliphatic carbocycles. The number of rotatable bonds is 1. The van der Waals surface area contributed by atoms with E-state index in [1.54, 1.807) is 0 Å². The lowest BCUT2D eigenvalue weighted by Gasteiger charge is -1.93. The molecule has 0 spiro atoms. The molecule has 1 heterocycles. The number of hydrogen-bond donors (Lipinski definition) is 0. The van der Waals surface area contributed by atoms with Crippen molar-refractivity contribution in [2.75, 3.05) is 0 Å². The lowest BCUT2D eigenvalue weighted by molar-refractivity contribution is 0.177. The zero-order valence-corrected chi connectivity index (χ0v) is 5.24. The highest BCUT2D eigenvalue weighted by Gasteiger charge is 1.97. The van der Waals surface area contributed by atoms with Crippen molar-refractivity contribution in [3.05, 3.63) is 29.6 Å². The van der Waals surface area contributed by atoms with E-state index in [0.29, 0.717) is 11.1 Å². The number of hydrogen-bond acceptors (Lipinski definition) is 2. The van der Waals surface area contributed by atoms with Crippen LogP contribution in [0.3, 0.4) is 0 Å². The molecule has 0 amide bonds. The third kappa shape index (κ3) is 1.12. The van der Waals surface area contributed by atoms with Crippen molar-refractivity contribution in [1.29, 1.82) is 5.26 Å². The monoisotopic (exact) mass is 133 g/mol. The van der Waals surface area contributed by atoms with Gasteiger partial charge in [-0.15, -0.1) is 0 Å². The summed E-state index contributed by atoms with van der Waals surface area (Å²) in [7, 11) is 0. The van der Waals surface area contributed by atoms with E-state index < -0.39 is 0 Å². The molecule has 0 saturated heterocycles. The Hall–Kier alpha value is -1.40. The third-order valence-electron chi connectivity index (χ3n) is 1.18. The van der Waals surface area contributed by atoms with Crippen LogP contribution in [-0.2, 0) is 11.7 Å². The number of nitrogens with zero attached hydrogens (tertiary/aromatic N) is 2. The summed E-state index contributed by atoms with van der Waals surface area (Å²) in [4.78, 5) is 3.71. The highest BCUT2D eigenvalue weighted by Crippen LogP contribution is 2.03. The van der Waals surface area contributed by atoms with Crippen molar-refractivity contribution in [1.82, 2.24) is 4.98 Å². The van der Waals surface area contributed by atoms with Gasteiger partial charge in [-0.1, -0.05) is 0 Å². The van der Waals surface area contributed by atoms with Crippen molar-refractivity contribution < 1.29 is 5.11 Å². The summed E-state index contributed by atoms with van der Waals surface area (Å²) in [5, 5.41) is 18.8. The summed E-state index contributed by atoms with van der Waals surface area (Å²) in [5.74, 6) is 0. The molecule has 0 N–H and O–H groups in total. The summed E-state index contributed by atoms with van der Waals surface area (Å²) in [5.41, 5.74) is 0.884. The molecule has 0 fully saturated rings. The zero-order valence-electron chi connectivity index (χ0n) is 5.24. The van der Waals surface area contributed by atoms with Gasteiger partial charge in [0, 0.05) is 18.0 Å². The molecule has 0 aliphatic heterocycles. The first-order valence-electron chi connectivity index (χ1n) is 2.79. The van der Waals surface area contributed by atoms with Gasteiger partial charge in [0.15, 0.2) is 0 Å². The molecule has 0 saturated carbocycles. The van der Waals surface area contributed by atoms with E-state index in [4.69, 9.17) is 5.26 Å². The average molecular weight is 133 g/mol. The smallest absolute Gasteiger partial charge is 0.110 e. The van der Waals surface area contributed by atoms with Crippen LogP contribution < -0.4 is 0 Å². The maximum absolute atomic E-state index is 10.3. The van der Waals surface area contributed by atoms with E-state index in [1.807, 2.05) is 6.07 Å². The topological polar surface area (TPSA) is 56.6 Å². The van der Waals surface area contributed by atoms with E-state index in [1.165, 1.54) is 18.5 Å². The first kappa shape index (κ1) is 6.72. The lowest BCUT2D eigenvalue weighted by atomic mass is 10.2. The fourth-order valence-corrected chi connectivity index (χ4v) is 0.651. The molecule has 49 valence electrons. The molecule has 3 nitrogen and oxygen atoms in total. The molecule has 0 unspecified atom stereocenters. The molecule has 0 aliphatic rings. The third-order valence-corrected chi connectivity index (χ3v) is 1.18. The summed E-state index contributed by atoms with van der Waals surface area (Å²) >= 11 is 0. The minimum Gasteiger partial charge on any atom is -0.264 e. The van der Waals surface area contributed by atoms with Crippen molar-refractivity contribution >= 4 is 0 Å². The Bertz CT molecular complexity index is 265. The van der Waals surface area contributed by atoms with Gasteiger partial charge < -0.3 is 0 Å². The zero-order chi connectivity index (χ0) is 7.40. The molecule has 1 aromatic rings. The summed E-state index contributed by atoms with van der Waals surface area (Å²) in [6.45, 7) is -0.378. The molecular weight excluding hydrogens is 128 g/mol. The van der Waals surface area contributed by atoms with Crippen LogP contribution in [0.4, 0.5) is 0 Å². The second-order valence-corrected chi connectivity index (χ2v) is 1.79. The fraction of sp³-hybridized carbons (Fsp3) is 0.143. The summed E-state index contributed by atoms with van der Waals surface area (Å²) in [6.07, 6.45) is 2.92. The van der Waals surface area contributed by atoms with E-state index in [0.717, 1.165) is 0 Å². The van der Waals surface area contributed by atoms with E-state index in [9.17, 15) is 5.11 Å². The van der Waals surface area contributed by atoms with Crippen LogP contribution >= 0.6 is 0 Å². The van der Waals surface area contributed by atoms with Crippen LogP contribution in [0.2, 0.25) is 0 Å². The van der Waals surface area contributed by atoms with Crippen molar-refractivity contribution in [3.63, 3.8) is 0 Å². The lowest BCUT2D eigenvalue weighted by Crippen LogP contribution is -1.88. The highest BCUT2D eigenvalue weighted by atomic mass is 16.3. The molecule has 1 rings (SSSR count). The van der Waals surface area contributed by atoms with Crippen LogP contribution in [0, 0.1) is 11.3 Å². The van der Waals surface area contributed by atoms with E-state index in [-0.39, 0.29) is 6.61 Å². The number of aromatic nitrogens is 1. The average Bonchev–Trinajstić information content (AvgIpc) is 2.04. The standard InChI is InChI=1S/C7H5N2O/c8-3-6-1-2-9-4-7(6)5-10/h1-2,4H,5H2. The number of pyridine rings is 1. The highest BCUT2D eigenvalue weighted by molar-refractivity contribution is 5.34. The van der Waals surface area contributed by atoms with Gasteiger partial charge in [0.25, 0.3) is 0 Å². The van der Waals surface area contributed by atoms with Crippen molar-refractivity contribution in [3.8, 4) is 6.07 Å². The molecule has 0 aromatic carbocycles. The maximum atomic E-state index is 10.3. The number of nitriles is 1. The second-order valence-electron chi connectivity index (χ2n) is 1.79. The quantitative estimate of drug-likeness (QED) is 0.571. The van der Waals surface area contributed by atoms with Crippen LogP contribution in [0.1, 0.15) is 11.1 Å². The Kier molecular flexibility index (Phi) is 1.98. The van der Waals surface area contributed by atoms with Gasteiger partial charge in [-0.05, 0) is 6.07 Å². The normalized spacial score (nSPS) is 8.80. The Morgan fingerprint density at radius 2 is 2.50 bits per heavy atom. The predicted molar refractivity (Wildman–Crippen MR) is 33.3 cm³/mol. The van der Waals surface area contributed by atoms with Crippen LogP contribution in [-0.4, -0.2) is 4.98 Å². The van der Waals surface area contributed by atoms with Gasteiger partial charge in [-0.2, -0.15) is 5.26 Å².